The summed E-state index contributed by atoms with van der Waals surface area (Å²) in [5.74, 6) is 0.978. The molecule has 0 bridgehead atoms. The van der Waals surface area contributed by atoms with Gasteiger partial charge in [0, 0.05) is 21.5 Å². The van der Waals surface area contributed by atoms with E-state index in [9.17, 15) is 4.39 Å². The second-order valence-corrected chi connectivity index (χ2v) is 7.68. The normalized spacial score (nSPS) is 17.6. The molecule has 0 heterocycles. The molecule has 1 N–H and O–H groups in total. The third kappa shape index (κ3) is 5.05. The molecular weight excluding hydrogens is 337 g/mol. The maximum atomic E-state index is 13.9. The van der Waals surface area contributed by atoms with E-state index >= 15 is 0 Å². The highest BCUT2D eigenvalue weighted by molar-refractivity contribution is 9.10. The molecule has 0 aliphatic heterocycles. The van der Waals surface area contributed by atoms with E-state index in [0.29, 0.717) is 6.04 Å². The Balaban J connectivity index is 1.91. The Bertz CT molecular complexity index is 421. The van der Waals surface area contributed by atoms with E-state index in [1.807, 2.05) is 6.07 Å². The van der Waals surface area contributed by atoms with Crippen molar-refractivity contribution in [2.24, 2.45) is 0 Å². The van der Waals surface area contributed by atoms with Gasteiger partial charge >= 0.3 is 0 Å². The fourth-order valence-corrected chi connectivity index (χ4v) is 4.57. The quantitative estimate of drug-likeness (QED) is 0.751. The highest BCUT2D eigenvalue weighted by Crippen LogP contribution is 2.30. The molecule has 1 aliphatic carbocycles. The average molecular weight is 360 g/mol. The van der Waals surface area contributed by atoms with Crippen molar-refractivity contribution in [3.8, 4) is 0 Å². The lowest BCUT2D eigenvalue weighted by atomic mass is 10.1. The van der Waals surface area contributed by atoms with Gasteiger partial charge in [-0.15, -0.1) is 0 Å². The predicted molar refractivity (Wildman–Crippen MR) is 90.0 cm³/mol. The first-order valence-electron chi connectivity index (χ1n) is 7.48. The monoisotopic (exact) mass is 359 g/mol. The van der Waals surface area contributed by atoms with Crippen LogP contribution in [0.1, 0.15) is 38.2 Å². The van der Waals surface area contributed by atoms with Crippen LogP contribution >= 0.6 is 27.7 Å². The Morgan fingerprint density at radius 1 is 1.40 bits per heavy atom. The molecule has 0 aromatic heterocycles. The molecule has 1 saturated carbocycles. The molecule has 0 saturated heterocycles. The fraction of sp³-hybridized carbons (Fsp3) is 0.625. The van der Waals surface area contributed by atoms with E-state index in [0.717, 1.165) is 34.0 Å². The number of nitrogens with one attached hydrogen (secondary N) is 1. The van der Waals surface area contributed by atoms with Crippen molar-refractivity contribution in [1.29, 1.82) is 0 Å². The van der Waals surface area contributed by atoms with E-state index in [2.05, 4.69) is 39.9 Å². The lowest BCUT2D eigenvalue weighted by Crippen LogP contribution is -2.34. The van der Waals surface area contributed by atoms with E-state index in [4.69, 9.17) is 0 Å². The Morgan fingerprint density at radius 2 is 2.15 bits per heavy atom. The molecule has 20 heavy (non-hydrogen) atoms. The fourth-order valence-electron chi connectivity index (χ4n) is 2.75. The maximum absolute atomic E-state index is 13.9. The van der Waals surface area contributed by atoms with Crippen LogP contribution in [-0.2, 0) is 6.42 Å². The summed E-state index contributed by atoms with van der Waals surface area (Å²) in [4.78, 5) is 0. The first kappa shape index (κ1) is 16.3. The minimum atomic E-state index is -0.0954. The molecule has 1 nitrogen and oxygen atoms in total. The summed E-state index contributed by atoms with van der Waals surface area (Å²) < 4.78 is 14.8. The summed E-state index contributed by atoms with van der Waals surface area (Å²) in [6.45, 7) is 3.05. The van der Waals surface area contributed by atoms with Gasteiger partial charge in [0.05, 0.1) is 0 Å². The van der Waals surface area contributed by atoms with E-state index in [-0.39, 0.29) is 5.82 Å². The second kappa shape index (κ2) is 8.40. The van der Waals surface area contributed by atoms with Gasteiger partial charge in [-0.3, -0.25) is 0 Å². The van der Waals surface area contributed by atoms with Crippen molar-refractivity contribution in [3.63, 3.8) is 0 Å². The smallest absolute Gasteiger partial charge is 0.126 e. The van der Waals surface area contributed by atoms with Crippen LogP contribution in [0.3, 0.4) is 0 Å². The third-order valence-corrected chi connectivity index (χ3v) is 5.83. The largest absolute Gasteiger partial charge is 0.313 e. The summed E-state index contributed by atoms with van der Waals surface area (Å²) in [6.07, 6.45) is 6.23. The zero-order valence-corrected chi connectivity index (χ0v) is 14.4. The Kier molecular flexibility index (Phi) is 6.85. The summed E-state index contributed by atoms with van der Waals surface area (Å²) in [5.41, 5.74) is 0.803. The maximum Gasteiger partial charge on any atom is 0.126 e. The molecule has 4 heteroatoms. The number of thioether (sulfide) groups is 1. The molecule has 0 spiro atoms. The van der Waals surface area contributed by atoms with Gasteiger partial charge in [0.15, 0.2) is 0 Å². The van der Waals surface area contributed by atoms with Gasteiger partial charge in [0.2, 0.25) is 0 Å². The van der Waals surface area contributed by atoms with Crippen molar-refractivity contribution in [1.82, 2.24) is 5.32 Å². The van der Waals surface area contributed by atoms with E-state index < -0.39 is 0 Å². The number of hydrogen-bond donors (Lipinski definition) is 1. The summed E-state index contributed by atoms with van der Waals surface area (Å²) in [6, 6.07) is 5.57. The van der Waals surface area contributed by atoms with Gasteiger partial charge in [-0.25, -0.2) is 4.39 Å². The lowest BCUT2D eigenvalue weighted by molar-refractivity contribution is 0.544. The van der Waals surface area contributed by atoms with Crippen molar-refractivity contribution >= 4 is 27.7 Å². The second-order valence-electron chi connectivity index (χ2n) is 5.43. The zero-order chi connectivity index (χ0) is 14.4. The summed E-state index contributed by atoms with van der Waals surface area (Å²) >= 11 is 5.49. The van der Waals surface area contributed by atoms with Crippen molar-refractivity contribution in [2.45, 2.75) is 50.3 Å². The Labute approximate surface area is 134 Å². The van der Waals surface area contributed by atoms with Crippen molar-refractivity contribution < 1.29 is 4.39 Å². The van der Waals surface area contributed by atoms with Crippen LogP contribution in [0.5, 0.6) is 0 Å². The molecule has 1 aromatic rings. The van der Waals surface area contributed by atoms with Gasteiger partial charge < -0.3 is 5.32 Å². The molecule has 1 unspecified atom stereocenters. The molecule has 0 amide bonds. The highest BCUT2D eigenvalue weighted by atomic mass is 79.9. The molecule has 1 aromatic carbocycles. The molecule has 112 valence electrons. The van der Waals surface area contributed by atoms with Crippen LogP contribution in [0.25, 0.3) is 0 Å². The van der Waals surface area contributed by atoms with Crippen molar-refractivity contribution in [3.05, 3.63) is 34.1 Å². The molecular formula is C16H23BrFNS. The number of hydrogen-bond acceptors (Lipinski definition) is 2. The Morgan fingerprint density at radius 3 is 2.85 bits per heavy atom. The SMILES string of the molecule is CCNC(CSC1CCCC1)Cc1cc(Br)ccc1F. The average Bonchev–Trinajstić information content (AvgIpc) is 2.93. The Hall–Kier alpha value is -0.0600. The number of halogens is 2. The van der Waals surface area contributed by atoms with Crippen LogP contribution in [-0.4, -0.2) is 23.6 Å². The minimum absolute atomic E-state index is 0.0954. The summed E-state index contributed by atoms with van der Waals surface area (Å²) in [7, 11) is 0. The molecule has 1 fully saturated rings. The van der Waals surface area contributed by atoms with Gasteiger partial charge in [-0.1, -0.05) is 35.7 Å². The first-order valence-corrected chi connectivity index (χ1v) is 9.32. The molecule has 0 radical (unpaired) electrons. The molecule has 1 aliphatic rings. The first-order chi connectivity index (χ1) is 9.69. The van der Waals surface area contributed by atoms with Gasteiger partial charge in [0.25, 0.3) is 0 Å². The van der Waals surface area contributed by atoms with Crippen molar-refractivity contribution in [2.75, 3.05) is 12.3 Å². The van der Waals surface area contributed by atoms with Crippen LogP contribution in [0.4, 0.5) is 4.39 Å². The topological polar surface area (TPSA) is 12.0 Å². The van der Waals surface area contributed by atoms with E-state index in [1.165, 1.54) is 25.7 Å². The highest BCUT2D eigenvalue weighted by Gasteiger charge is 2.18. The molecule has 1 atom stereocenters. The summed E-state index contributed by atoms with van der Waals surface area (Å²) in [5, 5.41) is 4.32. The van der Waals surface area contributed by atoms with Crippen LogP contribution in [0, 0.1) is 5.82 Å². The lowest BCUT2D eigenvalue weighted by Gasteiger charge is -2.20. The van der Waals surface area contributed by atoms with Gasteiger partial charge in [-0.2, -0.15) is 11.8 Å². The van der Waals surface area contributed by atoms with Gasteiger partial charge in [-0.05, 0) is 49.6 Å². The standard InChI is InChI=1S/C16H23BrFNS/c1-2-19-14(11-20-15-5-3-4-6-15)10-12-9-13(17)7-8-16(12)18/h7-9,14-15,19H,2-6,10-11H2,1H3. The van der Waals surface area contributed by atoms with Crippen LogP contribution in [0.2, 0.25) is 0 Å². The molecule has 2 rings (SSSR count). The van der Waals surface area contributed by atoms with E-state index in [1.54, 1.807) is 12.1 Å². The number of benzene rings is 1. The predicted octanol–water partition coefficient (Wildman–Crippen LogP) is 4.78. The van der Waals surface area contributed by atoms with Crippen LogP contribution in [0.15, 0.2) is 22.7 Å². The third-order valence-electron chi connectivity index (χ3n) is 3.80. The number of likely N-dealkylation sites (N-methyl/N-ethyl adjacent to an activating group) is 1. The minimum Gasteiger partial charge on any atom is -0.313 e. The van der Waals surface area contributed by atoms with Gasteiger partial charge in [0.1, 0.15) is 5.82 Å². The number of rotatable bonds is 7. The van der Waals surface area contributed by atoms with Crippen LogP contribution < -0.4 is 5.32 Å². The zero-order valence-electron chi connectivity index (χ0n) is 12.0.